The van der Waals surface area contributed by atoms with Gasteiger partial charge in [0, 0.05) is 21.8 Å². The number of nitrogens with one attached hydrogen (secondary N) is 1. The Balaban J connectivity index is 2.85. The maximum atomic E-state index is 6.20. The van der Waals surface area contributed by atoms with Crippen LogP contribution < -0.4 is 5.32 Å². The molecule has 0 fully saturated rings. The van der Waals surface area contributed by atoms with Crippen LogP contribution >= 0.6 is 35.0 Å². The Bertz CT molecular complexity index is 331. The Morgan fingerprint density at radius 3 is 2.69 bits per heavy atom. The lowest BCUT2D eigenvalue weighted by atomic mass is 10.1. The zero-order valence-corrected chi connectivity index (χ0v) is 11.9. The van der Waals surface area contributed by atoms with Gasteiger partial charge in [0.05, 0.1) is 0 Å². The van der Waals surface area contributed by atoms with Crippen LogP contribution in [0.5, 0.6) is 0 Å². The number of thioether (sulfide) groups is 1. The first-order chi connectivity index (χ1) is 7.69. The second-order valence-electron chi connectivity index (χ2n) is 3.44. The summed E-state index contributed by atoms with van der Waals surface area (Å²) in [5.41, 5.74) is 1.09. The fourth-order valence-corrected chi connectivity index (χ4v) is 2.72. The summed E-state index contributed by atoms with van der Waals surface area (Å²) in [5.74, 6) is 2.13. The Morgan fingerprint density at radius 2 is 2.06 bits per heavy atom. The summed E-state index contributed by atoms with van der Waals surface area (Å²) < 4.78 is 0. The molecule has 0 aromatic heterocycles. The van der Waals surface area contributed by atoms with E-state index >= 15 is 0 Å². The lowest BCUT2D eigenvalue weighted by Crippen LogP contribution is -2.23. The molecule has 1 rings (SSSR count). The summed E-state index contributed by atoms with van der Waals surface area (Å²) in [6.07, 6.45) is 0. The van der Waals surface area contributed by atoms with Crippen LogP contribution in [-0.4, -0.2) is 18.1 Å². The summed E-state index contributed by atoms with van der Waals surface area (Å²) in [6, 6.07) is 5.91. The van der Waals surface area contributed by atoms with Gasteiger partial charge in [-0.3, -0.25) is 0 Å². The van der Waals surface area contributed by atoms with Gasteiger partial charge in [-0.05, 0) is 36.1 Å². The summed E-state index contributed by atoms with van der Waals surface area (Å²) in [4.78, 5) is 0. The van der Waals surface area contributed by atoms with Gasteiger partial charge < -0.3 is 5.32 Å². The molecule has 1 atom stereocenters. The normalized spacial score (nSPS) is 12.8. The molecule has 1 N–H and O–H groups in total. The van der Waals surface area contributed by atoms with Crippen LogP contribution in [0.3, 0.4) is 0 Å². The fourth-order valence-electron chi connectivity index (χ4n) is 1.52. The van der Waals surface area contributed by atoms with Crippen LogP contribution in [0.15, 0.2) is 18.2 Å². The molecule has 90 valence electrons. The third kappa shape index (κ3) is 4.17. The predicted molar refractivity (Wildman–Crippen MR) is 75.9 cm³/mol. The molecule has 0 amide bonds. The number of hydrogen-bond acceptors (Lipinski definition) is 2. The SMILES string of the molecule is CCNC(CSCC)c1cc(Cl)ccc1Cl. The second kappa shape index (κ2) is 7.44. The minimum Gasteiger partial charge on any atom is -0.309 e. The van der Waals surface area contributed by atoms with Gasteiger partial charge in [-0.2, -0.15) is 11.8 Å². The molecule has 4 heteroatoms. The zero-order valence-electron chi connectivity index (χ0n) is 9.59. The zero-order chi connectivity index (χ0) is 12.0. The van der Waals surface area contributed by atoms with Crippen molar-refractivity contribution in [2.75, 3.05) is 18.1 Å². The highest BCUT2D eigenvalue weighted by molar-refractivity contribution is 7.99. The van der Waals surface area contributed by atoms with E-state index in [0.29, 0.717) is 0 Å². The number of hydrogen-bond donors (Lipinski definition) is 1. The monoisotopic (exact) mass is 277 g/mol. The molecule has 0 saturated carbocycles. The highest BCUT2D eigenvalue weighted by Gasteiger charge is 2.13. The molecule has 0 aliphatic carbocycles. The van der Waals surface area contributed by atoms with E-state index in [0.717, 1.165) is 33.7 Å². The van der Waals surface area contributed by atoms with Gasteiger partial charge in [0.2, 0.25) is 0 Å². The molecule has 1 nitrogen and oxygen atoms in total. The topological polar surface area (TPSA) is 12.0 Å². The van der Waals surface area contributed by atoms with Crippen molar-refractivity contribution in [2.45, 2.75) is 19.9 Å². The first-order valence-electron chi connectivity index (χ1n) is 5.45. The van der Waals surface area contributed by atoms with Crippen molar-refractivity contribution in [1.82, 2.24) is 5.32 Å². The van der Waals surface area contributed by atoms with Crippen LogP contribution in [-0.2, 0) is 0 Å². The molecule has 0 spiro atoms. The van der Waals surface area contributed by atoms with Crippen molar-refractivity contribution < 1.29 is 0 Å². The van der Waals surface area contributed by atoms with Gasteiger partial charge in [0.1, 0.15) is 0 Å². The smallest absolute Gasteiger partial charge is 0.0455 e. The van der Waals surface area contributed by atoms with Gasteiger partial charge in [0.15, 0.2) is 0 Å². The maximum absolute atomic E-state index is 6.20. The van der Waals surface area contributed by atoms with Gasteiger partial charge >= 0.3 is 0 Å². The van der Waals surface area contributed by atoms with Crippen molar-refractivity contribution in [2.24, 2.45) is 0 Å². The quantitative estimate of drug-likeness (QED) is 0.827. The van der Waals surface area contributed by atoms with E-state index in [4.69, 9.17) is 23.2 Å². The molecular weight excluding hydrogens is 261 g/mol. The molecule has 0 heterocycles. The molecular formula is C12H17Cl2NS. The third-order valence-electron chi connectivity index (χ3n) is 2.27. The van der Waals surface area contributed by atoms with Gasteiger partial charge in [-0.15, -0.1) is 0 Å². The molecule has 16 heavy (non-hydrogen) atoms. The average molecular weight is 278 g/mol. The van der Waals surface area contributed by atoms with Crippen LogP contribution in [0, 0.1) is 0 Å². The minimum absolute atomic E-state index is 0.279. The molecule has 0 radical (unpaired) electrons. The molecule has 0 bridgehead atoms. The Morgan fingerprint density at radius 1 is 1.31 bits per heavy atom. The highest BCUT2D eigenvalue weighted by atomic mass is 35.5. The van der Waals surface area contributed by atoms with Crippen molar-refractivity contribution in [3.05, 3.63) is 33.8 Å². The van der Waals surface area contributed by atoms with Crippen LogP contribution in [0.1, 0.15) is 25.5 Å². The first kappa shape index (κ1) is 14.2. The minimum atomic E-state index is 0.279. The molecule has 0 saturated heterocycles. The maximum Gasteiger partial charge on any atom is 0.0455 e. The van der Waals surface area contributed by atoms with Crippen molar-refractivity contribution in [3.63, 3.8) is 0 Å². The predicted octanol–water partition coefficient (Wildman–Crippen LogP) is 4.40. The van der Waals surface area contributed by atoms with Crippen molar-refractivity contribution in [1.29, 1.82) is 0 Å². The van der Waals surface area contributed by atoms with Gasteiger partial charge in [-0.1, -0.05) is 37.0 Å². The van der Waals surface area contributed by atoms with E-state index < -0.39 is 0 Å². The number of benzene rings is 1. The van der Waals surface area contributed by atoms with Crippen molar-refractivity contribution >= 4 is 35.0 Å². The fraction of sp³-hybridized carbons (Fsp3) is 0.500. The van der Waals surface area contributed by atoms with Crippen LogP contribution in [0.2, 0.25) is 10.0 Å². The molecule has 1 aromatic rings. The van der Waals surface area contributed by atoms with E-state index in [1.54, 1.807) is 0 Å². The molecule has 0 aliphatic heterocycles. The first-order valence-corrected chi connectivity index (χ1v) is 7.36. The summed E-state index contributed by atoms with van der Waals surface area (Å²) in [7, 11) is 0. The van der Waals surface area contributed by atoms with Crippen LogP contribution in [0.4, 0.5) is 0 Å². The summed E-state index contributed by atoms with van der Waals surface area (Å²) >= 11 is 14.1. The highest BCUT2D eigenvalue weighted by Crippen LogP contribution is 2.28. The van der Waals surface area contributed by atoms with E-state index in [-0.39, 0.29) is 6.04 Å². The second-order valence-corrected chi connectivity index (χ2v) is 5.60. The Labute approximate surface area is 112 Å². The largest absolute Gasteiger partial charge is 0.309 e. The van der Waals surface area contributed by atoms with E-state index in [9.17, 15) is 0 Å². The van der Waals surface area contributed by atoms with Gasteiger partial charge in [0.25, 0.3) is 0 Å². The number of rotatable bonds is 6. The lowest BCUT2D eigenvalue weighted by Gasteiger charge is -2.19. The Hall–Kier alpha value is 0.110. The van der Waals surface area contributed by atoms with E-state index in [2.05, 4.69) is 19.2 Å². The summed E-state index contributed by atoms with van der Waals surface area (Å²) in [6.45, 7) is 5.19. The van der Waals surface area contributed by atoms with Gasteiger partial charge in [-0.25, -0.2) is 0 Å². The third-order valence-corrected chi connectivity index (χ3v) is 3.83. The van der Waals surface area contributed by atoms with Crippen molar-refractivity contribution in [3.8, 4) is 0 Å². The standard InChI is InChI=1S/C12H17Cl2NS/c1-3-15-12(8-16-4-2)10-7-9(13)5-6-11(10)14/h5-7,12,15H,3-4,8H2,1-2H3. The molecule has 1 aromatic carbocycles. The van der Waals surface area contributed by atoms with E-state index in [1.165, 1.54) is 0 Å². The Kier molecular flexibility index (Phi) is 6.59. The van der Waals surface area contributed by atoms with Crippen LogP contribution in [0.25, 0.3) is 0 Å². The lowest BCUT2D eigenvalue weighted by molar-refractivity contribution is 0.606. The molecule has 0 aliphatic rings. The molecule has 1 unspecified atom stereocenters. The van der Waals surface area contributed by atoms with E-state index in [1.807, 2.05) is 30.0 Å². The average Bonchev–Trinajstić information content (AvgIpc) is 2.28. The summed E-state index contributed by atoms with van der Waals surface area (Å²) in [5, 5.41) is 4.96. The number of halogens is 2.